The summed E-state index contributed by atoms with van der Waals surface area (Å²) in [6.45, 7) is 1.16. The van der Waals surface area contributed by atoms with Crippen LogP contribution in [0, 0.1) is 17.0 Å². The first-order valence-corrected chi connectivity index (χ1v) is 4.40. The Bertz CT molecular complexity index is 476. The van der Waals surface area contributed by atoms with Gasteiger partial charge in [0, 0.05) is 0 Å². The monoisotopic (exact) mass is 246 g/mol. The standard InChI is InChI=1S/C9H8F2N2O4/c1-4-6(8(10)11)5(13(15)16)3-12-7(4)9(14)17-2/h3,8H,1-2H3. The minimum absolute atomic E-state index is 0.249. The summed E-state index contributed by atoms with van der Waals surface area (Å²) in [7, 11) is 1.06. The molecule has 0 aliphatic heterocycles. The molecule has 0 N–H and O–H groups in total. The number of halogens is 2. The average molecular weight is 246 g/mol. The van der Waals surface area contributed by atoms with Crippen LogP contribution >= 0.6 is 0 Å². The van der Waals surface area contributed by atoms with Gasteiger partial charge >= 0.3 is 5.97 Å². The van der Waals surface area contributed by atoms with Crippen LogP contribution in [0.5, 0.6) is 0 Å². The lowest BCUT2D eigenvalue weighted by Gasteiger charge is -2.08. The SMILES string of the molecule is COC(=O)c1ncc([N+](=O)[O-])c(C(F)F)c1C. The maximum atomic E-state index is 12.7. The van der Waals surface area contributed by atoms with Gasteiger partial charge in [0.25, 0.3) is 12.1 Å². The summed E-state index contributed by atoms with van der Waals surface area (Å²) in [5.74, 6) is -0.917. The Labute approximate surface area is 94.4 Å². The minimum Gasteiger partial charge on any atom is -0.464 e. The number of alkyl halides is 2. The molecule has 0 aliphatic carbocycles. The normalized spacial score (nSPS) is 10.4. The van der Waals surface area contributed by atoms with E-state index in [0.717, 1.165) is 14.0 Å². The Kier molecular flexibility index (Phi) is 3.66. The molecule has 0 saturated carbocycles. The van der Waals surface area contributed by atoms with Crippen molar-refractivity contribution < 1.29 is 23.2 Å². The number of esters is 1. The topological polar surface area (TPSA) is 82.3 Å². The van der Waals surface area contributed by atoms with Crippen molar-refractivity contribution in [3.8, 4) is 0 Å². The van der Waals surface area contributed by atoms with Gasteiger partial charge in [0.15, 0.2) is 5.69 Å². The van der Waals surface area contributed by atoms with Gasteiger partial charge < -0.3 is 4.74 Å². The van der Waals surface area contributed by atoms with Crippen molar-refractivity contribution in [1.29, 1.82) is 0 Å². The second-order valence-electron chi connectivity index (χ2n) is 3.08. The van der Waals surface area contributed by atoms with Gasteiger partial charge in [-0.1, -0.05) is 0 Å². The smallest absolute Gasteiger partial charge is 0.356 e. The van der Waals surface area contributed by atoms with E-state index in [1.807, 2.05) is 0 Å². The Morgan fingerprint density at radius 1 is 1.59 bits per heavy atom. The lowest BCUT2D eigenvalue weighted by Crippen LogP contribution is -2.11. The number of hydrogen-bond acceptors (Lipinski definition) is 5. The molecule has 1 rings (SSSR count). The van der Waals surface area contributed by atoms with Crippen LogP contribution in [0.15, 0.2) is 6.20 Å². The number of carbonyl (C=O) groups is 1. The van der Waals surface area contributed by atoms with Gasteiger partial charge in [-0.2, -0.15) is 0 Å². The number of hydrogen-bond donors (Lipinski definition) is 0. The molecular weight excluding hydrogens is 238 g/mol. The molecule has 0 saturated heterocycles. The second kappa shape index (κ2) is 4.81. The van der Waals surface area contributed by atoms with E-state index in [-0.39, 0.29) is 11.3 Å². The number of pyridine rings is 1. The lowest BCUT2D eigenvalue weighted by molar-refractivity contribution is -0.386. The fraction of sp³-hybridized carbons (Fsp3) is 0.333. The maximum Gasteiger partial charge on any atom is 0.356 e. The highest BCUT2D eigenvalue weighted by atomic mass is 19.3. The van der Waals surface area contributed by atoms with E-state index >= 15 is 0 Å². The highest BCUT2D eigenvalue weighted by Gasteiger charge is 2.28. The highest BCUT2D eigenvalue weighted by Crippen LogP contribution is 2.32. The van der Waals surface area contributed by atoms with Crippen molar-refractivity contribution in [2.45, 2.75) is 13.3 Å². The molecule has 1 aromatic heterocycles. The van der Waals surface area contributed by atoms with Gasteiger partial charge in [-0.25, -0.2) is 18.6 Å². The van der Waals surface area contributed by atoms with E-state index in [0.29, 0.717) is 6.20 Å². The molecule has 8 heteroatoms. The number of methoxy groups -OCH3 is 1. The van der Waals surface area contributed by atoms with Crippen molar-refractivity contribution >= 4 is 11.7 Å². The quantitative estimate of drug-likeness (QED) is 0.463. The zero-order chi connectivity index (χ0) is 13.2. The third-order valence-corrected chi connectivity index (χ3v) is 2.14. The molecule has 0 fully saturated rings. The van der Waals surface area contributed by atoms with E-state index in [1.54, 1.807) is 0 Å². The van der Waals surface area contributed by atoms with Crippen LogP contribution in [0.4, 0.5) is 14.5 Å². The van der Waals surface area contributed by atoms with Gasteiger partial charge in [0.1, 0.15) is 11.8 Å². The van der Waals surface area contributed by atoms with E-state index in [2.05, 4.69) is 9.72 Å². The fourth-order valence-corrected chi connectivity index (χ4v) is 1.34. The Hall–Kier alpha value is -2.12. The van der Waals surface area contributed by atoms with Crippen LogP contribution in [0.1, 0.15) is 28.0 Å². The average Bonchev–Trinajstić information content (AvgIpc) is 2.26. The first kappa shape index (κ1) is 12.9. The van der Waals surface area contributed by atoms with E-state index in [1.165, 1.54) is 0 Å². The zero-order valence-corrected chi connectivity index (χ0v) is 8.94. The third-order valence-electron chi connectivity index (χ3n) is 2.14. The molecule has 17 heavy (non-hydrogen) atoms. The summed E-state index contributed by atoms with van der Waals surface area (Å²) in [5.41, 5.74) is -2.23. The summed E-state index contributed by atoms with van der Waals surface area (Å²) in [6, 6.07) is 0. The van der Waals surface area contributed by atoms with Crippen molar-refractivity contribution in [3.63, 3.8) is 0 Å². The van der Waals surface area contributed by atoms with Gasteiger partial charge in [0.2, 0.25) is 0 Å². The van der Waals surface area contributed by atoms with Crippen molar-refractivity contribution in [2.24, 2.45) is 0 Å². The molecule has 0 spiro atoms. The van der Waals surface area contributed by atoms with Crippen molar-refractivity contribution in [3.05, 3.63) is 33.1 Å². The maximum absolute atomic E-state index is 12.7. The predicted molar refractivity (Wildman–Crippen MR) is 51.9 cm³/mol. The summed E-state index contributed by atoms with van der Waals surface area (Å²) >= 11 is 0. The molecule has 0 bridgehead atoms. The molecule has 0 aromatic carbocycles. The largest absolute Gasteiger partial charge is 0.464 e. The molecule has 0 radical (unpaired) electrons. The zero-order valence-electron chi connectivity index (χ0n) is 8.94. The minimum atomic E-state index is -3.07. The van der Waals surface area contributed by atoms with Crippen LogP contribution in [0.2, 0.25) is 0 Å². The summed E-state index contributed by atoms with van der Waals surface area (Å²) < 4.78 is 29.8. The summed E-state index contributed by atoms with van der Waals surface area (Å²) in [4.78, 5) is 24.2. The Balaban J connectivity index is 3.49. The van der Waals surface area contributed by atoms with Crippen LogP contribution < -0.4 is 0 Å². The third kappa shape index (κ3) is 2.35. The molecular formula is C9H8F2N2O4. The summed E-state index contributed by atoms with van der Waals surface area (Å²) in [6.07, 6.45) is -2.44. The second-order valence-corrected chi connectivity index (χ2v) is 3.08. The van der Waals surface area contributed by atoms with Gasteiger partial charge in [-0.05, 0) is 12.5 Å². The predicted octanol–water partition coefficient (Wildman–Crippen LogP) is 2.02. The molecule has 0 aliphatic rings. The first-order valence-electron chi connectivity index (χ1n) is 4.40. The van der Waals surface area contributed by atoms with Crippen LogP contribution in [-0.2, 0) is 4.74 Å². The molecule has 1 aromatic rings. The number of nitro groups is 1. The van der Waals surface area contributed by atoms with E-state index in [9.17, 15) is 23.7 Å². The molecule has 0 atom stereocenters. The van der Waals surface area contributed by atoms with Crippen LogP contribution in [0.3, 0.4) is 0 Å². The number of ether oxygens (including phenoxy) is 1. The van der Waals surface area contributed by atoms with Gasteiger partial charge in [0.05, 0.1) is 12.0 Å². The molecule has 6 nitrogen and oxygen atoms in total. The fourth-order valence-electron chi connectivity index (χ4n) is 1.34. The Morgan fingerprint density at radius 2 is 2.18 bits per heavy atom. The lowest BCUT2D eigenvalue weighted by atomic mass is 10.1. The van der Waals surface area contributed by atoms with Gasteiger partial charge in [-0.3, -0.25) is 10.1 Å². The number of nitrogens with zero attached hydrogens (tertiary/aromatic N) is 2. The number of rotatable bonds is 3. The van der Waals surface area contributed by atoms with Crippen LogP contribution in [0.25, 0.3) is 0 Å². The first-order chi connectivity index (χ1) is 7.90. The van der Waals surface area contributed by atoms with E-state index in [4.69, 9.17) is 0 Å². The van der Waals surface area contributed by atoms with Gasteiger partial charge in [-0.15, -0.1) is 0 Å². The van der Waals surface area contributed by atoms with E-state index < -0.39 is 28.6 Å². The molecule has 1 heterocycles. The van der Waals surface area contributed by atoms with Crippen LogP contribution in [-0.4, -0.2) is 23.0 Å². The molecule has 0 unspecified atom stereocenters. The number of carbonyl (C=O) groups excluding carboxylic acids is 1. The number of aromatic nitrogens is 1. The van der Waals surface area contributed by atoms with Crippen molar-refractivity contribution in [2.75, 3.05) is 7.11 Å². The van der Waals surface area contributed by atoms with Crippen molar-refractivity contribution in [1.82, 2.24) is 4.98 Å². The summed E-state index contributed by atoms with van der Waals surface area (Å²) in [5, 5.41) is 10.5. The Morgan fingerprint density at radius 3 is 2.59 bits per heavy atom. The molecule has 92 valence electrons. The highest BCUT2D eigenvalue weighted by molar-refractivity contribution is 5.89. The molecule has 0 amide bonds.